The predicted octanol–water partition coefficient (Wildman–Crippen LogP) is 3.62. The van der Waals surface area contributed by atoms with Crippen molar-refractivity contribution in [3.05, 3.63) is 56.7 Å². The van der Waals surface area contributed by atoms with E-state index in [1.54, 1.807) is 12.1 Å². The quantitative estimate of drug-likeness (QED) is 0.273. The summed E-state index contributed by atoms with van der Waals surface area (Å²) in [6.07, 6.45) is 0.647. The first-order chi connectivity index (χ1) is 12.5. The first-order valence-corrected chi connectivity index (χ1v) is 8.13. The van der Waals surface area contributed by atoms with Gasteiger partial charge in [0, 0.05) is 16.2 Å². The predicted molar refractivity (Wildman–Crippen MR) is 97.4 cm³/mol. The summed E-state index contributed by atoms with van der Waals surface area (Å²) < 4.78 is 10.9. The standard InChI is InChI=1S/C20H12O6/c1-2-8-6-10-14-12(7-8)25-20(24)16-15(14)18(26-19(10)23)13-9(17(16)22)4-3-5-11(13)21/h3-7,21-22H,2H2,1H3. The van der Waals surface area contributed by atoms with Crippen LogP contribution >= 0.6 is 0 Å². The summed E-state index contributed by atoms with van der Waals surface area (Å²) in [5.41, 5.74) is -0.186. The fourth-order valence-corrected chi connectivity index (χ4v) is 3.68. The molecule has 6 nitrogen and oxygen atoms in total. The lowest BCUT2D eigenvalue weighted by Gasteiger charge is -2.13. The number of phenolic OH excluding ortho intramolecular Hbond substituents is 2. The zero-order valence-corrected chi connectivity index (χ0v) is 13.6. The Labute approximate surface area is 144 Å². The molecule has 0 atom stereocenters. The van der Waals surface area contributed by atoms with E-state index >= 15 is 0 Å². The highest BCUT2D eigenvalue weighted by Gasteiger charge is 2.24. The van der Waals surface area contributed by atoms with Gasteiger partial charge in [-0.3, -0.25) is 0 Å². The lowest BCUT2D eigenvalue weighted by molar-refractivity contribution is 0.475. The molecule has 0 spiro atoms. The van der Waals surface area contributed by atoms with E-state index in [-0.39, 0.29) is 49.6 Å². The van der Waals surface area contributed by atoms with E-state index in [1.165, 1.54) is 18.2 Å². The van der Waals surface area contributed by atoms with Gasteiger partial charge in [-0.15, -0.1) is 0 Å². The molecule has 0 aliphatic rings. The topological polar surface area (TPSA) is 101 Å². The Kier molecular flexibility index (Phi) is 2.70. The molecule has 5 rings (SSSR count). The van der Waals surface area contributed by atoms with Gasteiger partial charge < -0.3 is 19.0 Å². The number of hydrogen-bond acceptors (Lipinski definition) is 6. The third-order valence-corrected chi connectivity index (χ3v) is 4.88. The van der Waals surface area contributed by atoms with Crippen LogP contribution in [0.2, 0.25) is 0 Å². The van der Waals surface area contributed by atoms with E-state index in [0.29, 0.717) is 11.8 Å². The van der Waals surface area contributed by atoms with Crippen LogP contribution in [-0.4, -0.2) is 10.2 Å². The second-order valence-corrected chi connectivity index (χ2v) is 6.28. The normalized spacial score (nSPS) is 12.0. The van der Waals surface area contributed by atoms with Gasteiger partial charge in [-0.1, -0.05) is 19.1 Å². The first kappa shape index (κ1) is 14.8. The van der Waals surface area contributed by atoms with Crippen LogP contribution in [0.5, 0.6) is 11.5 Å². The van der Waals surface area contributed by atoms with Crippen molar-refractivity contribution in [1.82, 2.24) is 0 Å². The number of aryl methyl sites for hydroxylation is 1. The zero-order valence-electron chi connectivity index (χ0n) is 13.6. The molecule has 2 aromatic heterocycles. The third-order valence-electron chi connectivity index (χ3n) is 4.88. The van der Waals surface area contributed by atoms with E-state index in [9.17, 15) is 19.8 Å². The number of benzene rings is 3. The Bertz CT molecular complexity index is 1470. The van der Waals surface area contributed by atoms with Crippen molar-refractivity contribution >= 4 is 43.5 Å². The average Bonchev–Trinajstić information content (AvgIpc) is 2.62. The molecule has 0 saturated heterocycles. The summed E-state index contributed by atoms with van der Waals surface area (Å²) in [7, 11) is 0. The third kappa shape index (κ3) is 1.65. The average molecular weight is 348 g/mol. The van der Waals surface area contributed by atoms with Gasteiger partial charge in [-0.05, 0) is 30.2 Å². The minimum absolute atomic E-state index is 0.0607. The van der Waals surface area contributed by atoms with Gasteiger partial charge in [0.1, 0.15) is 22.5 Å². The number of fused-ring (bicyclic) bond motifs is 2. The summed E-state index contributed by atoms with van der Waals surface area (Å²) >= 11 is 0. The molecule has 0 fully saturated rings. The maximum atomic E-state index is 12.6. The van der Waals surface area contributed by atoms with E-state index in [4.69, 9.17) is 8.83 Å². The Hall–Kier alpha value is -3.54. The number of phenols is 2. The monoisotopic (exact) mass is 348 g/mol. The molecule has 0 bridgehead atoms. The highest BCUT2D eigenvalue weighted by atomic mass is 16.4. The van der Waals surface area contributed by atoms with E-state index in [1.807, 2.05) is 6.92 Å². The Balaban J connectivity index is 2.27. The van der Waals surface area contributed by atoms with Crippen molar-refractivity contribution in [3.8, 4) is 11.5 Å². The first-order valence-electron chi connectivity index (χ1n) is 8.13. The van der Waals surface area contributed by atoms with Gasteiger partial charge in [0.05, 0.1) is 10.8 Å². The molecule has 0 aliphatic carbocycles. The number of hydrogen-bond donors (Lipinski definition) is 2. The van der Waals surface area contributed by atoms with Crippen LogP contribution in [0, 0.1) is 0 Å². The summed E-state index contributed by atoms with van der Waals surface area (Å²) in [5, 5.41) is 22.2. The van der Waals surface area contributed by atoms with Crippen LogP contribution in [0.1, 0.15) is 12.5 Å². The highest BCUT2D eigenvalue weighted by molar-refractivity contribution is 6.28. The SMILES string of the molecule is CCc1cc2oc(=O)c3c(O)c4cccc(O)c4c4oc(=O)c(c1)c2c34. The summed E-state index contributed by atoms with van der Waals surface area (Å²) in [5.74, 6) is -0.466. The van der Waals surface area contributed by atoms with Crippen molar-refractivity contribution < 1.29 is 19.0 Å². The van der Waals surface area contributed by atoms with E-state index in [0.717, 1.165) is 5.56 Å². The Morgan fingerprint density at radius 1 is 0.885 bits per heavy atom. The van der Waals surface area contributed by atoms with Gasteiger partial charge in [0.15, 0.2) is 5.58 Å². The molecule has 26 heavy (non-hydrogen) atoms. The van der Waals surface area contributed by atoms with E-state index in [2.05, 4.69) is 0 Å². The minimum Gasteiger partial charge on any atom is -0.507 e. The summed E-state index contributed by atoms with van der Waals surface area (Å²) in [4.78, 5) is 25.2. The van der Waals surface area contributed by atoms with Crippen LogP contribution in [0.3, 0.4) is 0 Å². The van der Waals surface area contributed by atoms with Gasteiger partial charge in [-0.25, -0.2) is 9.59 Å². The van der Waals surface area contributed by atoms with Crippen molar-refractivity contribution in [2.75, 3.05) is 0 Å². The van der Waals surface area contributed by atoms with Crippen LogP contribution < -0.4 is 11.3 Å². The van der Waals surface area contributed by atoms with Crippen LogP contribution in [0.4, 0.5) is 0 Å². The van der Waals surface area contributed by atoms with Crippen LogP contribution in [-0.2, 0) is 6.42 Å². The van der Waals surface area contributed by atoms with Gasteiger partial charge in [-0.2, -0.15) is 0 Å². The van der Waals surface area contributed by atoms with Crippen molar-refractivity contribution in [3.63, 3.8) is 0 Å². The molecule has 3 aromatic carbocycles. The van der Waals surface area contributed by atoms with Gasteiger partial charge >= 0.3 is 11.3 Å². The fourth-order valence-electron chi connectivity index (χ4n) is 3.68. The molecule has 128 valence electrons. The maximum absolute atomic E-state index is 12.6. The maximum Gasteiger partial charge on any atom is 0.348 e. The molecule has 0 radical (unpaired) electrons. The molecule has 2 heterocycles. The number of aromatic hydroxyl groups is 2. The van der Waals surface area contributed by atoms with Crippen LogP contribution in [0.15, 0.2) is 48.8 Å². The van der Waals surface area contributed by atoms with Crippen molar-refractivity contribution in [2.24, 2.45) is 0 Å². The highest BCUT2D eigenvalue weighted by Crippen LogP contribution is 2.44. The Morgan fingerprint density at radius 3 is 2.46 bits per heavy atom. The molecular weight excluding hydrogens is 336 g/mol. The lowest BCUT2D eigenvalue weighted by Crippen LogP contribution is -2.07. The molecule has 5 aromatic rings. The lowest BCUT2D eigenvalue weighted by atomic mass is 9.96. The molecule has 6 heteroatoms. The minimum atomic E-state index is -0.728. The van der Waals surface area contributed by atoms with Crippen molar-refractivity contribution in [1.29, 1.82) is 0 Å². The molecule has 2 N–H and O–H groups in total. The smallest absolute Gasteiger partial charge is 0.348 e. The van der Waals surface area contributed by atoms with Gasteiger partial charge in [0.25, 0.3) is 0 Å². The van der Waals surface area contributed by atoms with Gasteiger partial charge in [0.2, 0.25) is 0 Å². The second kappa shape index (κ2) is 4.76. The largest absolute Gasteiger partial charge is 0.507 e. The molecular formula is C20H12O6. The Morgan fingerprint density at radius 2 is 1.69 bits per heavy atom. The molecule has 0 aliphatic heterocycles. The second-order valence-electron chi connectivity index (χ2n) is 6.28. The zero-order chi connectivity index (χ0) is 18.2. The summed E-state index contributed by atoms with van der Waals surface area (Å²) in [6.45, 7) is 1.92. The number of rotatable bonds is 1. The molecule has 0 unspecified atom stereocenters. The fraction of sp³-hybridized carbons (Fsp3) is 0.100. The summed E-state index contributed by atoms with van der Waals surface area (Å²) in [6, 6.07) is 7.89. The van der Waals surface area contributed by atoms with E-state index < -0.39 is 11.3 Å². The molecule has 0 saturated carbocycles. The van der Waals surface area contributed by atoms with Crippen molar-refractivity contribution in [2.45, 2.75) is 13.3 Å². The van der Waals surface area contributed by atoms with Crippen LogP contribution in [0.25, 0.3) is 43.5 Å². The molecule has 0 amide bonds.